The van der Waals surface area contributed by atoms with Crippen molar-refractivity contribution in [1.29, 1.82) is 0 Å². The second-order valence-corrected chi connectivity index (χ2v) is 9.76. The fourth-order valence-electron chi connectivity index (χ4n) is 4.02. The van der Waals surface area contributed by atoms with Gasteiger partial charge in [-0.25, -0.2) is 0 Å². The summed E-state index contributed by atoms with van der Waals surface area (Å²) in [6, 6.07) is 0. The molecular formula is C23H32O8. The highest BCUT2D eigenvalue weighted by Gasteiger charge is 2.48. The molecule has 0 radical (unpaired) electrons. The predicted octanol–water partition coefficient (Wildman–Crippen LogP) is 3.21. The van der Waals surface area contributed by atoms with Crippen molar-refractivity contribution in [2.45, 2.75) is 53.4 Å². The summed E-state index contributed by atoms with van der Waals surface area (Å²) < 4.78 is 10.9. The molecule has 0 aromatic carbocycles. The van der Waals surface area contributed by atoms with Crippen LogP contribution in [0.15, 0.2) is 24.3 Å². The van der Waals surface area contributed by atoms with E-state index in [-0.39, 0.29) is 38.9 Å². The van der Waals surface area contributed by atoms with E-state index in [1.54, 1.807) is 52.0 Å². The monoisotopic (exact) mass is 436 g/mol. The molecule has 172 valence electrons. The summed E-state index contributed by atoms with van der Waals surface area (Å²) in [5.74, 6) is -5.01. The lowest BCUT2D eigenvalue weighted by molar-refractivity contribution is -0.174. The van der Waals surface area contributed by atoms with E-state index in [1.807, 2.05) is 0 Å². The van der Waals surface area contributed by atoms with Crippen molar-refractivity contribution in [2.75, 3.05) is 13.2 Å². The van der Waals surface area contributed by atoms with Crippen molar-refractivity contribution in [1.82, 2.24) is 0 Å². The van der Waals surface area contributed by atoms with E-state index in [0.29, 0.717) is 0 Å². The molecule has 0 heterocycles. The van der Waals surface area contributed by atoms with E-state index in [0.717, 1.165) is 0 Å². The summed E-state index contributed by atoms with van der Waals surface area (Å²) in [5, 5.41) is 18.9. The molecule has 2 rings (SSSR count). The molecule has 0 saturated carbocycles. The summed E-state index contributed by atoms with van der Waals surface area (Å²) in [6.07, 6.45) is 8.16. The van der Waals surface area contributed by atoms with Gasteiger partial charge in [-0.1, -0.05) is 38.2 Å². The maximum atomic E-state index is 12.7. The molecule has 8 nitrogen and oxygen atoms in total. The van der Waals surface area contributed by atoms with Gasteiger partial charge in [0.25, 0.3) is 0 Å². The molecule has 0 fully saturated rings. The fourth-order valence-corrected chi connectivity index (χ4v) is 4.02. The van der Waals surface area contributed by atoms with Crippen LogP contribution in [-0.2, 0) is 28.7 Å². The standard InChI is InChI=1S/C23H32O8/c1-21(2,13-30-19(28)22(3)11-7-5-9-15(22)17(24)25)14-31-20(29)23(4)12-8-6-10-16(23)18(26)27/h5-8,15-16H,9-14H2,1-4H3,(H,24,25)(H,26,27). The first-order valence-corrected chi connectivity index (χ1v) is 10.4. The first-order valence-electron chi connectivity index (χ1n) is 10.4. The highest BCUT2D eigenvalue weighted by atomic mass is 16.6. The molecule has 8 heteroatoms. The van der Waals surface area contributed by atoms with Crippen molar-refractivity contribution in [3.8, 4) is 0 Å². The van der Waals surface area contributed by atoms with Crippen LogP contribution in [0, 0.1) is 28.1 Å². The molecule has 0 bridgehead atoms. The van der Waals surface area contributed by atoms with Crippen LogP contribution in [-0.4, -0.2) is 47.3 Å². The minimum atomic E-state index is -1.16. The number of ether oxygens (including phenoxy) is 2. The van der Waals surface area contributed by atoms with Gasteiger partial charge in [0.05, 0.1) is 35.9 Å². The zero-order chi connectivity index (χ0) is 23.4. The van der Waals surface area contributed by atoms with Crippen molar-refractivity contribution < 1.29 is 38.9 Å². The second-order valence-electron chi connectivity index (χ2n) is 9.76. The molecular weight excluding hydrogens is 404 g/mol. The van der Waals surface area contributed by atoms with Gasteiger partial charge in [0.2, 0.25) is 0 Å². The number of carboxylic acid groups (broad SMARTS) is 2. The van der Waals surface area contributed by atoms with E-state index in [2.05, 4.69) is 0 Å². The van der Waals surface area contributed by atoms with Crippen molar-refractivity contribution in [2.24, 2.45) is 28.1 Å². The molecule has 0 spiro atoms. The SMILES string of the molecule is CC(C)(COC(=O)C1(C)CC=CCC1C(=O)O)COC(=O)C1(C)CC=CCC1C(=O)O. The van der Waals surface area contributed by atoms with Crippen LogP contribution >= 0.6 is 0 Å². The Morgan fingerprint density at radius 1 is 0.806 bits per heavy atom. The number of rotatable bonds is 8. The highest BCUT2D eigenvalue weighted by Crippen LogP contribution is 2.41. The van der Waals surface area contributed by atoms with Gasteiger partial charge >= 0.3 is 23.9 Å². The van der Waals surface area contributed by atoms with Crippen LogP contribution in [0.4, 0.5) is 0 Å². The van der Waals surface area contributed by atoms with E-state index >= 15 is 0 Å². The maximum Gasteiger partial charge on any atom is 0.313 e. The minimum Gasteiger partial charge on any atom is -0.481 e. The summed E-state index contributed by atoms with van der Waals surface area (Å²) in [7, 11) is 0. The smallest absolute Gasteiger partial charge is 0.313 e. The van der Waals surface area contributed by atoms with Crippen LogP contribution < -0.4 is 0 Å². The van der Waals surface area contributed by atoms with Gasteiger partial charge in [-0.05, 0) is 39.5 Å². The van der Waals surface area contributed by atoms with Crippen LogP contribution in [0.5, 0.6) is 0 Å². The number of hydrogen-bond acceptors (Lipinski definition) is 6. The Balaban J connectivity index is 1.97. The van der Waals surface area contributed by atoms with Crippen LogP contribution in [0.2, 0.25) is 0 Å². The van der Waals surface area contributed by atoms with Gasteiger partial charge in [0, 0.05) is 5.41 Å². The lowest BCUT2D eigenvalue weighted by Gasteiger charge is -2.36. The van der Waals surface area contributed by atoms with E-state index in [1.165, 1.54) is 0 Å². The number of hydrogen-bond donors (Lipinski definition) is 2. The van der Waals surface area contributed by atoms with Gasteiger partial charge in [0.15, 0.2) is 0 Å². The van der Waals surface area contributed by atoms with Crippen LogP contribution in [0.3, 0.4) is 0 Å². The van der Waals surface area contributed by atoms with Crippen LogP contribution in [0.1, 0.15) is 53.4 Å². The number of allylic oxidation sites excluding steroid dienone is 4. The third kappa shape index (κ3) is 5.35. The van der Waals surface area contributed by atoms with Gasteiger partial charge in [-0.2, -0.15) is 0 Å². The normalized spacial score (nSPS) is 30.5. The molecule has 2 aliphatic rings. The predicted molar refractivity (Wildman–Crippen MR) is 111 cm³/mol. The molecule has 2 N–H and O–H groups in total. The van der Waals surface area contributed by atoms with Gasteiger partial charge in [-0.15, -0.1) is 0 Å². The largest absolute Gasteiger partial charge is 0.481 e. The molecule has 31 heavy (non-hydrogen) atoms. The van der Waals surface area contributed by atoms with Gasteiger partial charge in [-0.3, -0.25) is 19.2 Å². The molecule has 0 aromatic rings. The Morgan fingerprint density at radius 2 is 1.16 bits per heavy atom. The Bertz CT molecular complexity index is 731. The topological polar surface area (TPSA) is 127 Å². The Kier molecular flexibility index (Phi) is 7.34. The first-order chi connectivity index (χ1) is 14.3. The summed E-state index contributed by atoms with van der Waals surface area (Å²) >= 11 is 0. The average Bonchev–Trinajstić information content (AvgIpc) is 2.70. The van der Waals surface area contributed by atoms with E-state index < -0.39 is 52.0 Å². The lowest BCUT2D eigenvalue weighted by Crippen LogP contribution is -2.44. The second kappa shape index (κ2) is 9.24. The van der Waals surface area contributed by atoms with Crippen molar-refractivity contribution >= 4 is 23.9 Å². The zero-order valence-electron chi connectivity index (χ0n) is 18.6. The summed E-state index contributed by atoms with van der Waals surface area (Å²) in [5.41, 5.74) is -3.06. The Labute approximate surface area is 182 Å². The minimum absolute atomic E-state index is 0.0657. The van der Waals surface area contributed by atoms with Crippen molar-refractivity contribution in [3.05, 3.63) is 24.3 Å². The Hall–Kier alpha value is -2.64. The third-order valence-electron chi connectivity index (χ3n) is 6.42. The summed E-state index contributed by atoms with van der Waals surface area (Å²) in [6.45, 7) is 6.56. The molecule has 2 aliphatic carbocycles. The number of esters is 2. The molecule has 0 amide bonds. The quantitative estimate of drug-likeness (QED) is 0.439. The lowest BCUT2D eigenvalue weighted by atomic mass is 9.70. The molecule has 4 atom stereocenters. The highest BCUT2D eigenvalue weighted by molar-refractivity contribution is 5.86. The molecule has 0 aliphatic heterocycles. The van der Waals surface area contributed by atoms with E-state index in [9.17, 15) is 29.4 Å². The first kappa shape index (κ1) is 24.6. The fraction of sp³-hybridized carbons (Fsp3) is 0.652. The molecule has 0 saturated heterocycles. The number of aliphatic carboxylic acids is 2. The maximum absolute atomic E-state index is 12.7. The number of carbonyl (C=O) groups is 4. The number of carboxylic acids is 2. The van der Waals surface area contributed by atoms with Crippen LogP contribution in [0.25, 0.3) is 0 Å². The van der Waals surface area contributed by atoms with Crippen molar-refractivity contribution in [3.63, 3.8) is 0 Å². The number of carbonyl (C=O) groups excluding carboxylic acids is 2. The zero-order valence-corrected chi connectivity index (χ0v) is 18.6. The average molecular weight is 437 g/mol. The van der Waals surface area contributed by atoms with E-state index in [4.69, 9.17) is 9.47 Å². The summed E-state index contributed by atoms with van der Waals surface area (Å²) in [4.78, 5) is 48.6. The molecule has 4 unspecified atom stereocenters. The Morgan fingerprint density at radius 3 is 1.48 bits per heavy atom. The molecule has 0 aromatic heterocycles. The van der Waals surface area contributed by atoms with Gasteiger partial charge in [0.1, 0.15) is 0 Å². The van der Waals surface area contributed by atoms with Gasteiger partial charge < -0.3 is 19.7 Å². The third-order valence-corrected chi connectivity index (χ3v) is 6.42.